The van der Waals surface area contributed by atoms with Crippen LogP contribution in [0.1, 0.15) is 16.9 Å². The molecule has 25 heavy (non-hydrogen) atoms. The summed E-state index contributed by atoms with van der Waals surface area (Å²) in [6, 6.07) is 11.5. The van der Waals surface area contributed by atoms with E-state index in [0.29, 0.717) is 28.1 Å². The van der Waals surface area contributed by atoms with Crippen molar-refractivity contribution < 1.29 is 23.0 Å². The zero-order valence-corrected chi connectivity index (χ0v) is 13.6. The molecule has 1 aliphatic rings. The number of thioether (sulfide) groups is 1. The van der Waals surface area contributed by atoms with E-state index in [0.717, 1.165) is 16.3 Å². The number of fused-ring (bicyclic) bond motifs is 2. The van der Waals surface area contributed by atoms with Crippen molar-refractivity contribution in [3.05, 3.63) is 48.0 Å². The molecule has 0 spiro atoms. The number of halogens is 2. The van der Waals surface area contributed by atoms with E-state index in [1.165, 1.54) is 0 Å². The summed E-state index contributed by atoms with van der Waals surface area (Å²) >= 11 is 0.988. The van der Waals surface area contributed by atoms with Crippen LogP contribution in [0.4, 0.5) is 8.78 Å². The molecule has 5 nitrogen and oxygen atoms in total. The van der Waals surface area contributed by atoms with Gasteiger partial charge < -0.3 is 9.47 Å². The molecule has 0 bridgehead atoms. The number of nitrogens with zero attached hydrogens (tertiary/aromatic N) is 2. The molecule has 1 aliphatic heterocycles. The zero-order chi connectivity index (χ0) is 17.4. The average molecular weight is 362 g/mol. The number of hydrogen-bond acceptors (Lipinski definition) is 5. The Hall–Kier alpha value is -2.61. The number of para-hydroxylation sites is 2. The number of carbonyl (C=O) groups excluding carboxylic acids is 1. The summed E-state index contributed by atoms with van der Waals surface area (Å²) in [7, 11) is 0. The first kappa shape index (κ1) is 15.9. The number of hydrogen-bond donors (Lipinski definition) is 0. The van der Waals surface area contributed by atoms with Crippen molar-refractivity contribution in [3.63, 3.8) is 0 Å². The molecule has 0 radical (unpaired) electrons. The Morgan fingerprint density at radius 3 is 2.84 bits per heavy atom. The highest BCUT2D eigenvalue weighted by atomic mass is 32.2. The molecular weight excluding hydrogens is 350 g/mol. The fourth-order valence-electron chi connectivity index (χ4n) is 2.60. The third kappa shape index (κ3) is 2.93. The van der Waals surface area contributed by atoms with Gasteiger partial charge >= 0.3 is 6.55 Å². The molecule has 0 amide bonds. The fourth-order valence-corrected chi connectivity index (χ4v) is 3.50. The Morgan fingerprint density at radius 2 is 2.00 bits per heavy atom. The Bertz CT molecular complexity index is 958. The van der Waals surface area contributed by atoms with Crippen molar-refractivity contribution in [2.45, 2.75) is 11.7 Å². The van der Waals surface area contributed by atoms with Gasteiger partial charge in [0.15, 0.2) is 22.4 Å². The molecule has 0 fully saturated rings. The van der Waals surface area contributed by atoms with Crippen LogP contribution < -0.4 is 9.47 Å². The van der Waals surface area contributed by atoms with Crippen LogP contribution in [0.15, 0.2) is 47.6 Å². The number of imidazole rings is 1. The molecule has 1 aromatic heterocycles. The molecule has 8 heteroatoms. The van der Waals surface area contributed by atoms with Crippen molar-refractivity contribution in [3.8, 4) is 11.5 Å². The number of rotatable bonds is 5. The zero-order valence-electron chi connectivity index (χ0n) is 12.8. The number of benzene rings is 2. The van der Waals surface area contributed by atoms with E-state index in [9.17, 15) is 13.6 Å². The first-order chi connectivity index (χ1) is 12.1. The van der Waals surface area contributed by atoms with Gasteiger partial charge in [0, 0.05) is 5.56 Å². The van der Waals surface area contributed by atoms with Crippen LogP contribution in [-0.2, 0) is 0 Å². The smallest absolute Gasteiger partial charge is 0.321 e. The van der Waals surface area contributed by atoms with Gasteiger partial charge in [-0.05, 0) is 30.3 Å². The van der Waals surface area contributed by atoms with E-state index in [-0.39, 0.29) is 23.5 Å². The first-order valence-electron chi connectivity index (χ1n) is 7.44. The van der Waals surface area contributed by atoms with Gasteiger partial charge in [-0.1, -0.05) is 23.9 Å². The van der Waals surface area contributed by atoms with Gasteiger partial charge in [0.1, 0.15) is 0 Å². The Labute approximate surface area is 145 Å². The largest absolute Gasteiger partial charge is 0.454 e. The molecule has 0 N–H and O–H groups in total. The van der Waals surface area contributed by atoms with Crippen LogP contribution >= 0.6 is 11.8 Å². The van der Waals surface area contributed by atoms with Gasteiger partial charge in [0.2, 0.25) is 6.79 Å². The number of ether oxygens (including phenoxy) is 2. The third-order valence-electron chi connectivity index (χ3n) is 3.79. The second-order valence-corrected chi connectivity index (χ2v) is 6.25. The lowest BCUT2D eigenvalue weighted by Crippen LogP contribution is -2.05. The predicted molar refractivity (Wildman–Crippen MR) is 88.6 cm³/mol. The SMILES string of the molecule is O=C(CSc1nc2ccccc2n1C(F)F)c1ccc2c(c1)OCO2. The van der Waals surface area contributed by atoms with Crippen LogP contribution in [0.25, 0.3) is 11.0 Å². The normalized spacial score (nSPS) is 12.9. The lowest BCUT2D eigenvalue weighted by Gasteiger charge is -2.07. The third-order valence-corrected chi connectivity index (χ3v) is 4.74. The van der Waals surface area contributed by atoms with Crippen molar-refractivity contribution in [2.24, 2.45) is 0 Å². The molecule has 128 valence electrons. The summed E-state index contributed by atoms with van der Waals surface area (Å²) in [5, 5.41) is 0.116. The molecular formula is C17H12F2N2O3S. The van der Waals surface area contributed by atoms with Gasteiger partial charge in [-0.3, -0.25) is 9.36 Å². The molecule has 0 saturated carbocycles. The number of Topliss-reactive ketones (excluding diaryl/α,β-unsaturated/α-hetero) is 1. The van der Waals surface area contributed by atoms with E-state index in [4.69, 9.17) is 9.47 Å². The summed E-state index contributed by atoms with van der Waals surface area (Å²) in [6.45, 7) is -2.60. The van der Waals surface area contributed by atoms with Gasteiger partial charge in [0.05, 0.1) is 16.8 Å². The maximum absolute atomic E-state index is 13.4. The minimum Gasteiger partial charge on any atom is -0.454 e. The highest BCUT2D eigenvalue weighted by Gasteiger charge is 2.20. The topological polar surface area (TPSA) is 53.4 Å². The second kappa shape index (κ2) is 6.36. The van der Waals surface area contributed by atoms with Crippen molar-refractivity contribution in [2.75, 3.05) is 12.5 Å². The van der Waals surface area contributed by atoms with Crippen molar-refractivity contribution >= 4 is 28.6 Å². The van der Waals surface area contributed by atoms with Gasteiger partial charge in [-0.15, -0.1) is 0 Å². The van der Waals surface area contributed by atoms with Gasteiger partial charge in [-0.2, -0.15) is 8.78 Å². The molecule has 0 aliphatic carbocycles. The number of aromatic nitrogens is 2. The maximum Gasteiger partial charge on any atom is 0.321 e. The minimum absolute atomic E-state index is 0.00428. The van der Waals surface area contributed by atoms with Crippen molar-refractivity contribution in [1.29, 1.82) is 0 Å². The molecule has 0 saturated heterocycles. The maximum atomic E-state index is 13.4. The van der Waals surface area contributed by atoms with E-state index < -0.39 is 6.55 Å². The Kier molecular flexibility index (Phi) is 4.04. The van der Waals surface area contributed by atoms with Crippen LogP contribution in [0.3, 0.4) is 0 Å². The van der Waals surface area contributed by atoms with Crippen LogP contribution in [0.2, 0.25) is 0 Å². The average Bonchev–Trinajstić information content (AvgIpc) is 3.22. The van der Waals surface area contributed by atoms with E-state index in [1.807, 2.05) is 0 Å². The van der Waals surface area contributed by atoms with E-state index in [2.05, 4.69) is 4.98 Å². The summed E-state index contributed by atoms with van der Waals surface area (Å²) < 4.78 is 38.1. The summed E-state index contributed by atoms with van der Waals surface area (Å²) in [5.41, 5.74) is 1.26. The van der Waals surface area contributed by atoms with Crippen LogP contribution in [-0.4, -0.2) is 27.9 Å². The minimum atomic E-state index is -2.73. The molecule has 0 unspecified atom stereocenters. The number of ketones is 1. The summed E-state index contributed by atoms with van der Waals surface area (Å²) in [6.07, 6.45) is 0. The summed E-state index contributed by atoms with van der Waals surface area (Å²) in [4.78, 5) is 16.6. The monoisotopic (exact) mass is 362 g/mol. The van der Waals surface area contributed by atoms with Gasteiger partial charge in [-0.25, -0.2) is 4.98 Å². The number of alkyl halides is 2. The summed E-state index contributed by atoms with van der Waals surface area (Å²) in [5.74, 6) is 0.894. The molecule has 3 aromatic rings. The molecule has 0 atom stereocenters. The Morgan fingerprint density at radius 1 is 1.20 bits per heavy atom. The Balaban J connectivity index is 1.56. The van der Waals surface area contributed by atoms with Crippen LogP contribution in [0.5, 0.6) is 11.5 Å². The van der Waals surface area contributed by atoms with Gasteiger partial charge in [0.25, 0.3) is 0 Å². The lowest BCUT2D eigenvalue weighted by atomic mass is 10.1. The van der Waals surface area contributed by atoms with E-state index >= 15 is 0 Å². The lowest BCUT2D eigenvalue weighted by molar-refractivity contribution is 0.0656. The highest BCUT2D eigenvalue weighted by Crippen LogP contribution is 2.33. The second-order valence-electron chi connectivity index (χ2n) is 5.31. The standard InChI is InChI=1S/C17H12F2N2O3S/c18-16(19)21-12-4-2-1-3-11(12)20-17(21)25-8-13(22)10-5-6-14-15(7-10)24-9-23-14/h1-7,16H,8-9H2. The molecule has 2 aromatic carbocycles. The molecule has 2 heterocycles. The quantitative estimate of drug-likeness (QED) is 0.504. The van der Waals surface area contributed by atoms with Crippen LogP contribution in [0, 0.1) is 0 Å². The fraction of sp³-hybridized carbons (Fsp3) is 0.176. The first-order valence-corrected chi connectivity index (χ1v) is 8.43. The number of carbonyl (C=O) groups is 1. The highest BCUT2D eigenvalue weighted by molar-refractivity contribution is 7.99. The molecule has 4 rings (SSSR count). The van der Waals surface area contributed by atoms with Crippen molar-refractivity contribution in [1.82, 2.24) is 9.55 Å². The van der Waals surface area contributed by atoms with E-state index in [1.54, 1.807) is 42.5 Å². The predicted octanol–water partition coefficient (Wildman–Crippen LogP) is 4.14.